The standard InChI is InChI=1S/C15H28NO2/c1-12(15(2,3)4)18-14(17)11-16-8-5-13(6-9-16)7-10-16/h12-13H,5-11H2,1-4H3/q+1/t12-,13?,16?/m1/s1. The predicted molar refractivity (Wildman–Crippen MR) is 72.1 cm³/mol. The van der Waals surface area contributed by atoms with Crippen LogP contribution >= 0.6 is 0 Å². The SMILES string of the molecule is C[C@@H](OC(=O)C[N+]12CCC(CC1)CC2)C(C)(C)C. The number of rotatable bonds is 3. The highest BCUT2D eigenvalue weighted by Crippen LogP contribution is 2.33. The summed E-state index contributed by atoms with van der Waals surface area (Å²) in [6, 6.07) is 0. The van der Waals surface area contributed by atoms with Crippen LogP contribution < -0.4 is 0 Å². The third-order valence-corrected chi connectivity index (χ3v) is 5.03. The van der Waals surface area contributed by atoms with Crippen LogP contribution in [0.4, 0.5) is 0 Å². The summed E-state index contributed by atoms with van der Waals surface area (Å²) in [5, 5.41) is 0. The van der Waals surface area contributed by atoms with Crippen LogP contribution in [0.15, 0.2) is 0 Å². The van der Waals surface area contributed by atoms with Crippen LogP contribution in [0.25, 0.3) is 0 Å². The van der Waals surface area contributed by atoms with E-state index in [-0.39, 0.29) is 17.5 Å². The molecule has 0 unspecified atom stereocenters. The largest absolute Gasteiger partial charge is 0.458 e. The number of fused-ring (bicyclic) bond motifs is 3. The van der Waals surface area contributed by atoms with Gasteiger partial charge < -0.3 is 9.22 Å². The van der Waals surface area contributed by atoms with Gasteiger partial charge in [0, 0.05) is 0 Å². The molecule has 0 aromatic heterocycles. The monoisotopic (exact) mass is 254 g/mol. The van der Waals surface area contributed by atoms with Gasteiger partial charge in [-0.05, 0) is 37.5 Å². The molecule has 3 heteroatoms. The average Bonchev–Trinajstić information content (AvgIpc) is 2.29. The second kappa shape index (κ2) is 4.84. The molecule has 1 atom stereocenters. The van der Waals surface area contributed by atoms with Crippen LogP contribution in [0.5, 0.6) is 0 Å². The first-order chi connectivity index (χ1) is 8.31. The highest BCUT2D eigenvalue weighted by molar-refractivity contribution is 5.70. The third-order valence-electron chi connectivity index (χ3n) is 5.03. The van der Waals surface area contributed by atoms with E-state index in [9.17, 15) is 4.79 Å². The summed E-state index contributed by atoms with van der Waals surface area (Å²) in [7, 11) is 0. The average molecular weight is 254 g/mol. The lowest BCUT2D eigenvalue weighted by Gasteiger charge is -2.48. The van der Waals surface area contributed by atoms with Crippen molar-refractivity contribution in [2.24, 2.45) is 11.3 Å². The quantitative estimate of drug-likeness (QED) is 0.571. The van der Waals surface area contributed by atoms with E-state index >= 15 is 0 Å². The fraction of sp³-hybridized carbons (Fsp3) is 0.933. The van der Waals surface area contributed by atoms with Crippen LogP contribution in [-0.4, -0.2) is 42.7 Å². The van der Waals surface area contributed by atoms with Crippen molar-refractivity contribution in [2.75, 3.05) is 26.2 Å². The first kappa shape index (κ1) is 13.9. The minimum atomic E-state index is -0.00877. The maximum Gasteiger partial charge on any atom is 0.362 e. The first-order valence-electron chi connectivity index (χ1n) is 7.35. The van der Waals surface area contributed by atoms with Gasteiger partial charge >= 0.3 is 5.97 Å². The van der Waals surface area contributed by atoms with Crippen LogP contribution in [0.1, 0.15) is 47.0 Å². The molecule has 3 aliphatic rings. The molecule has 0 aromatic rings. The van der Waals surface area contributed by atoms with Crippen LogP contribution in [0, 0.1) is 11.3 Å². The van der Waals surface area contributed by atoms with Gasteiger partial charge in [-0.2, -0.15) is 0 Å². The van der Waals surface area contributed by atoms with Crippen LogP contribution in [0.3, 0.4) is 0 Å². The van der Waals surface area contributed by atoms with Gasteiger partial charge in [0.25, 0.3) is 0 Å². The van der Waals surface area contributed by atoms with Crippen molar-refractivity contribution < 1.29 is 14.0 Å². The Bertz CT molecular complexity index is 297. The molecule has 3 heterocycles. The molecule has 3 aliphatic heterocycles. The summed E-state index contributed by atoms with van der Waals surface area (Å²) in [5.41, 5.74) is 0.0323. The summed E-state index contributed by atoms with van der Waals surface area (Å²) >= 11 is 0. The zero-order valence-corrected chi connectivity index (χ0v) is 12.4. The van der Waals surface area contributed by atoms with Crippen molar-refractivity contribution in [1.29, 1.82) is 0 Å². The molecular weight excluding hydrogens is 226 g/mol. The fourth-order valence-corrected chi connectivity index (χ4v) is 3.06. The van der Waals surface area contributed by atoms with E-state index in [2.05, 4.69) is 20.8 Å². The number of hydrogen-bond acceptors (Lipinski definition) is 2. The number of ether oxygens (including phenoxy) is 1. The predicted octanol–water partition coefficient (Wildman–Crippen LogP) is 2.59. The smallest absolute Gasteiger partial charge is 0.362 e. The van der Waals surface area contributed by atoms with Crippen molar-refractivity contribution in [2.45, 2.75) is 53.1 Å². The molecule has 3 rings (SSSR count). The van der Waals surface area contributed by atoms with Gasteiger partial charge in [-0.15, -0.1) is 0 Å². The summed E-state index contributed by atoms with van der Waals surface area (Å²) in [4.78, 5) is 12.1. The second-order valence-electron chi connectivity index (χ2n) is 7.40. The lowest BCUT2D eigenvalue weighted by atomic mass is 9.86. The number of hydrogen-bond donors (Lipinski definition) is 0. The highest BCUT2D eigenvalue weighted by Gasteiger charge is 2.41. The molecule has 0 aromatic carbocycles. The maximum atomic E-state index is 12.1. The van der Waals surface area contributed by atoms with Gasteiger partial charge in [-0.3, -0.25) is 0 Å². The van der Waals surface area contributed by atoms with Gasteiger partial charge in [0.2, 0.25) is 0 Å². The van der Waals surface area contributed by atoms with Crippen molar-refractivity contribution in [3.63, 3.8) is 0 Å². The Labute approximate surface area is 111 Å². The van der Waals surface area contributed by atoms with E-state index < -0.39 is 0 Å². The molecule has 2 bridgehead atoms. The Balaban J connectivity index is 1.87. The van der Waals surface area contributed by atoms with E-state index in [0.717, 1.165) is 10.4 Å². The number of esters is 1. The van der Waals surface area contributed by atoms with Crippen molar-refractivity contribution in [3.8, 4) is 0 Å². The number of carbonyl (C=O) groups excluding carboxylic acids is 1. The molecule has 0 N–H and O–H groups in total. The summed E-state index contributed by atoms with van der Waals surface area (Å²) in [6.45, 7) is 12.5. The van der Waals surface area contributed by atoms with E-state index in [4.69, 9.17) is 4.74 Å². The molecule has 3 nitrogen and oxygen atoms in total. The lowest BCUT2D eigenvalue weighted by Crippen LogP contribution is -2.60. The first-order valence-corrected chi connectivity index (χ1v) is 7.35. The summed E-state index contributed by atoms with van der Waals surface area (Å²) in [6.07, 6.45) is 3.91. The zero-order chi connectivity index (χ0) is 13.4. The Morgan fingerprint density at radius 2 is 1.72 bits per heavy atom. The minimum Gasteiger partial charge on any atom is -0.458 e. The van der Waals surface area contributed by atoms with Gasteiger partial charge in [-0.1, -0.05) is 20.8 Å². The van der Waals surface area contributed by atoms with Gasteiger partial charge in [0.15, 0.2) is 6.54 Å². The lowest BCUT2D eigenvalue weighted by molar-refractivity contribution is -0.936. The molecular formula is C15H28NO2+. The van der Waals surface area contributed by atoms with E-state index in [0.29, 0.717) is 6.54 Å². The summed E-state index contributed by atoms with van der Waals surface area (Å²) in [5.74, 6) is 0.937. The Morgan fingerprint density at radius 3 is 2.17 bits per heavy atom. The molecule has 104 valence electrons. The molecule has 0 spiro atoms. The maximum absolute atomic E-state index is 12.1. The van der Waals surface area contributed by atoms with Crippen molar-refractivity contribution in [1.82, 2.24) is 0 Å². The molecule has 0 aliphatic carbocycles. The van der Waals surface area contributed by atoms with Crippen molar-refractivity contribution >= 4 is 5.97 Å². The number of piperidine rings is 3. The van der Waals surface area contributed by atoms with Gasteiger partial charge in [0.05, 0.1) is 19.6 Å². The van der Waals surface area contributed by atoms with E-state index in [1.54, 1.807) is 0 Å². The zero-order valence-electron chi connectivity index (χ0n) is 12.4. The molecule has 0 radical (unpaired) electrons. The fourth-order valence-electron chi connectivity index (χ4n) is 3.06. The van der Waals surface area contributed by atoms with E-state index in [1.807, 2.05) is 6.92 Å². The Hall–Kier alpha value is -0.570. The van der Waals surface area contributed by atoms with Crippen LogP contribution in [0.2, 0.25) is 0 Å². The minimum absolute atomic E-state index is 0.00206. The van der Waals surface area contributed by atoms with Gasteiger partial charge in [-0.25, -0.2) is 4.79 Å². The summed E-state index contributed by atoms with van der Waals surface area (Å²) < 4.78 is 6.60. The van der Waals surface area contributed by atoms with E-state index in [1.165, 1.54) is 38.9 Å². The number of nitrogens with zero attached hydrogens (tertiary/aromatic N) is 1. The normalized spacial score (nSPS) is 33.2. The topological polar surface area (TPSA) is 26.3 Å². The number of quaternary nitrogens is 1. The molecule has 0 amide bonds. The second-order valence-corrected chi connectivity index (χ2v) is 7.40. The third kappa shape index (κ3) is 3.05. The Morgan fingerprint density at radius 1 is 1.22 bits per heavy atom. The Kier molecular flexibility index (Phi) is 3.72. The molecule has 18 heavy (non-hydrogen) atoms. The van der Waals surface area contributed by atoms with Crippen molar-refractivity contribution in [3.05, 3.63) is 0 Å². The van der Waals surface area contributed by atoms with Crippen LogP contribution in [-0.2, 0) is 9.53 Å². The molecule has 0 saturated carbocycles. The molecule has 3 saturated heterocycles. The molecule has 3 fully saturated rings. The number of carbonyl (C=O) groups is 1. The van der Waals surface area contributed by atoms with Gasteiger partial charge in [0.1, 0.15) is 6.10 Å². The highest BCUT2D eigenvalue weighted by atomic mass is 16.5.